The number of aromatic nitrogens is 5. The van der Waals surface area contributed by atoms with Gasteiger partial charge in [0.05, 0.1) is 6.54 Å². The van der Waals surface area contributed by atoms with Crippen molar-refractivity contribution in [2.45, 2.75) is 33.2 Å². The summed E-state index contributed by atoms with van der Waals surface area (Å²) in [4.78, 5) is 12.8. The second kappa shape index (κ2) is 6.83. The number of rotatable bonds is 7. The van der Waals surface area contributed by atoms with Crippen LogP contribution in [0, 0.1) is 0 Å². The zero-order valence-electron chi connectivity index (χ0n) is 12.2. The first-order valence-electron chi connectivity index (χ1n) is 6.90. The first-order valence-corrected chi connectivity index (χ1v) is 6.90. The van der Waals surface area contributed by atoms with Gasteiger partial charge in [-0.3, -0.25) is 4.68 Å². The van der Waals surface area contributed by atoms with Crippen molar-refractivity contribution >= 4 is 11.6 Å². The van der Waals surface area contributed by atoms with E-state index < -0.39 is 0 Å². The van der Waals surface area contributed by atoms with Crippen molar-refractivity contribution in [3.05, 3.63) is 24.0 Å². The number of hydrogen-bond acceptors (Lipinski definition) is 6. The maximum absolute atomic E-state index is 4.32. The van der Waals surface area contributed by atoms with Crippen LogP contribution in [-0.2, 0) is 20.0 Å². The minimum absolute atomic E-state index is 0.554. The molecule has 0 spiro atoms. The van der Waals surface area contributed by atoms with Crippen LogP contribution in [-0.4, -0.2) is 31.3 Å². The number of nitrogens with one attached hydrogen (secondary N) is 2. The fraction of sp³-hybridized carbons (Fsp3) is 0.538. The Morgan fingerprint density at radius 2 is 1.85 bits per heavy atom. The van der Waals surface area contributed by atoms with Gasteiger partial charge in [0.15, 0.2) is 5.82 Å². The first kappa shape index (κ1) is 14.2. The summed E-state index contributed by atoms with van der Waals surface area (Å²) in [6, 6.07) is 0. The van der Waals surface area contributed by atoms with Gasteiger partial charge >= 0.3 is 0 Å². The number of aryl methyl sites for hydroxylation is 1. The molecule has 0 aliphatic carbocycles. The van der Waals surface area contributed by atoms with Gasteiger partial charge in [0.2, 0.25) is 0 Å². The molecule has 2 aromatic heterocycles. The van der Waals surface area contributed by atoms with Gasteiger partial charge in [-0.05, 0) is 12.8 Å². The van der Waals surface area contributed by atoms with E-state index in [1.54, 1.807) is 17.3 Å². The van der Waals surface area contributed by atoms with Crippen LogP contribution >= 0.6 is 0 Å². The van der Waals surface area contributed by atoms with Gasteiger partial charge in [0, 0.05) is 19.2 Å². The summed E-state index contributed by atoms with van der Waals surface area (Å²) in [5.41, 5.74) is 1.09. The standard InChI is InChI=1S/C13H21N7/c1-4-6-14-12-10(5-2)13(17-8-16-12)15-7-11-18-9-20(3)19-11/h8-9H,4-7H2,1-3H3,(H2,14,15,16,17). The summed E-state index contributed by atoms with van der Waals surface area (Å²) in [7, 11) is 1.85. The Labute approximate surface area is 118 Å². The van der Waals surface area contributed by atoms with E-state index in [2.05, 4.69) is 44.5 Å². The molecule has 2 N–H and O–H groups in total. The molecule has 7 nitrogen and oxygen atoms in total. The monoisotopic (exact) mass is 275 g/mol. The average molecular weight is 275 g/mol. The first-order chi connectivity index (χ1) is 9.74. The second-order valence-electron chi connectivity index (χ2n) is 4.52. The maximum Gasteiger partial charge on any atom is 0.169 e. The number of hydrogen-bond donors (Lipinski definition) is 2. The number of anilines is 2. The van der Waals surface area contributed by atoms with E-state index in [9.17, 15) is 0 Å². The number of nitrogens with zero attached hydrogens (tertiary/aromatic N) is 5. The van der Waals surface area contributed by atoms with Gasteiger partial charge in [-0.2, -0.15) is 5.10 Å². The zero-order chi connectivity index (χ0) is 14.4. The summed E-state index contributed by atoms with van der Waals surface area (Å²) in [6.45, 7) is 5.69. The normalized spacial score (nSPS) is 10.6. The zero-order valence-corrected chi connectivity index (χ0v) is 12.2. The summed E-state index contributed by atoms with van der Waals surface area (Å²) in [5.74, 6) is 2.49. The molecule has 2 heterocycles. The van der Waals surface area contributed by atoms with Crippen molar-refractivity contribution in [3.8, 4) is 0 Å². The summed E-state index contributed by atoms with van der Waals surface area (Å²) < 4.78 is 1.69. The maximum atomic E-state index is 4.32. The third kappa shape index (κ3) is 3.43. The Balaban J connectivity index is 2.10. The lowest BCUT2D eigenvalue weighted by molar-refractivity contribution is 0.746. The van der Waals surface area contributed by atoms with Crippen LogP contribution in [0.5, 0.6) is 0 Å². The molecule has 0 unspecified atom stereocenters. The van der Waals surface area contributed by atoms with E-state index in [4.69, 9.17) is 0 Å². The molecule has 0 saturated carbocycles. The third-order valence-electron chi connectivity index (χ3n) is 2.90. The van der Waals surface area contributed by atoms with Crippen molar-refractivity contribution < 1.29 is 0 Å². The molecule has 0 bridgehead atoms. The minimum Gasteiger partial charge on any atom is -0.370 e. The van der Waals surface area contributed by atoms with Crippen molar-refractivity contribution in [1.82, 2.24) is 24.7 Å². The van der Waals surface area contributed by atoms with Crippen molar-refractivity contribution in [2.75, 3.05) is 17.2 Å². The van der Waals surface area contributed by atoms with Gasteiger partial charge in [0.1, 0.15) is 24.3 Å². The molecule has 0 radical (unpaired) electrons. The van der Waals surface area contributed by atoms with Crippen LogP contribution < -0.4 is 10.6 Å². The Morgan fingerprint density at radius 1 is 1.10 bits per heavy atom. The molecule has 0 fully saturated rings. The van der Waals surface area contributed by atoms with E-state index in [1.165, 1.54) is 0 Å². The molecular weight excluding hydrogens is 254 g/mol. The highest BCUT2D eigenvalue weighted by Gasteiger charge is 2.09. The fourth-order valence-corrected chi connectivity index (χ4v) is 1.92. The molecule has 0 aliphatic heterocycles. The highest BCUT2D eigenvalue weighted by Crippen LogP contribution is 2.20. The molecule has 20 heavy (non-hydrogen) atoms. The van der Waals surface area contributed by atoms with Crippen LogP contribution in [0.3, 0.4) is 0 Å². The van der Waals surface area contributed by atoms with E-state index >= 15 is 0 Å². The average Bonchev–Trinajstić information content (AvgIpc) is 2.88. The van der Waals surface area contributed by atoms with Crippen LogP contribution in [0.25, 0.3) is 0 Å². The molecule has 108 valence electrons. The van der Waals surface area contributed by atoms with E-state index in [-0.39, 0.29) is 0 Å². The fourth-order valence-electron chi connectivity index (χ4n) is 1.92. The lowest BCUT2D eigenvalue weighted by Gasteiger charge is -2.13. The Kier molecular flexibility index (Phi) is 4.86. The molecular formula is C13H21N7. The lowest BCUT2D eigenvalue weighted by Crippen LogP contribution is -2.11. The van der Waals surface area contributed by atoms with Crippen molar-refractivity contribution in [1.29, 1.82) is 0 Å². The van der Waals surface area contributed by atoms with Crippen LogP contribution in [0.4, 0.5) is 11.6 Å². The minimum atomic E-state index is 0.554. The molecule has 0 aliphatic rings. The lowest BCUT2D eigenvalue weighted by atomic mass is 10.2. The summed E-state index contributed by atoms with van der Waals surface area (Å²) >= 11 is 0. The van der Waals surface area contributed by atoms with Crippen molar-refractivity contribution in [2.24, 2.45) is 7.05 Å². The molecule has 0 saturated heterocycles. The topological polar surface area (TPSA) is 80.5 Å². The SMILES string of the molecule is CCCNc1ncnc(NCc2ncn(C)n2)c1CC. The van der Waals surface area contributed by atoms with Gasteiger partial charge in [-0.25, -0.2) is 15.0 Å². The Hall–Kier alpha value is -2.18. The highest BCUT2D eigenvalue weighted by atomic mass is 15.3. The largest absolute Gasteiger partial charge is 0.370 e. The quantitative estimate of drug-likeness (QED) is 0.799. The third-order valence-corrected chi connectivity index (χ3v) is 2.90. The molecule has 0 amide bonds. The molecule has 2 rings (SSSR count). The van der Waals surface area contributed by atoms with Gasteiger partial charge < -0.3 is 10.6 Å². The summed E-state index contributed by atoms with van der Waals surface area (Å²) in [6.07, 6.45) is 5.19. The van der Waals surface area contributed by atoms with Crippen molar-refractivity contribution in [3.63, 3.8) is 0 Å². The van der Waals surface area contributed by atoms with E-state index in [0.29, 0.717) is 6.54 Å². The van der Waals surface area contributed by atoms with Crippen LogP contribution in [0.1, 0.15) is 31.7 Å². The van der Waals surface area contributed by atoms with Gasteiger partial charge in [-0.15, -0.1) is 0 Å². The van der Waals surface area contributed by atoms with Crippen LogP contribution in [0.2, 0.25) is 0 Å². The second-order valence-corrected chi connectivity index (χ2v) is 4.52. The molecule has 2 aromatic rings. The van der Waals surface area contributed by atoms with Crippen LogP contribution in [0.15, 0.2) is 12.7 Å². The Bertz CT molecular complexity index is 549. The predicted molar refractivity (Wildman–Crippen MR) is 78.5 cm³/mol. The summed E-state index contributed by atoms with van der Waals surface area (Å²) in [5, 5.41) is 10.8. The Morgan fingerprint density at radius 3 is 2.45 bits per heavy atom. The molecule has 0 atom stereocenters. The van der Waals surface area contributed by atoms with Gasteiger partial charge in [-0.1, -0.05) is 13.8 Å². The van der Waals surface area contributed by atoms with E-state index in [1.807, 2.05) is 7.05 Å². The van der Waals surface area contributed by atoms with Gasteiger partial charge in [0.25, 0.3) is 0 Å². The highest BCUT2D eigenvalue weighted by molar-refractivity contribution is 5.57. The predicted octanol–water partition coefficient (Wildman–Crippen LogP) is 1.60. The molecule has 7 heteroatoms. The molecule has 0 aromatic carbocycles. The smallest absolute Gasteiger partial charge is 0.169 e. The van der Waals surface area contributed by atoms with E-state index in [0.717, 1.165) is 42.4 Å².